The van der Waals surface area contributed by atoms with Crippen molar-refractivity contribution in [3.63, 3.8) is 0 Å². The van der Waals surface area contributed by atoms with Gasteiger partial charge in [0.2, 0.25) is 5.43 Å². The Morgan fingerprint density at radius 1 is 1.26 bits per heavy atom. The van der Waals surface area contributed by atoms with Crippen LogP contribution in [0.1, 0.15) is 62.5 Å². The number of nitrogen functional groups attached to an aromatic ring is 1. The molecule has 0 radical (unpaired) electrons. The van der Waals surface area contributed by atoms with Gasteiger partial charge in [0, 0.05) is 25.3 Å². The molecule has 2 heterocycles. The van der Waals surface area contributed by atoms with Gasteiger partial charge in [-0.1, -0.05) is 6.92 Å². The fraction of sp³-hybridized carbons (Fsp3) is 0.542. The SMILES string of the molecule is Cc1c(N2C[C@@H](C)[C@H](NC(=O)OC(C)(C)C)C2)c(F)c(N)c2c(=O)c(C(=O)O)cn(C3CC3)c12. The number of alkyl carbamates (subject to hydrolysis) is 1. The summed E-state index contributed by atoms with van der Waals surface area (Å²) in [5.74, 6) is -2.12. The Bertz CT molecular complexity index is 1250. The quantitative estimate of drug-likeness (QED) is 0.580. The predicted octanol–water partition coefficient (Wildman–Crippen LogP) is 3.41. The number of carboxylic acid groups (broad SMARTS) is 1. The molecule has 10 heteroatoms. The standard InChI is InChI=1S/C24H31FN4O5/c1-11-8-28(10-15(11)27-23(33)34-24(3,4)5)20-12(2)19-16(18(26)17(20)25)21(30)14(22(31)32)9-29(19)13-6-7-13/h9,11,13,15H,6-8,10,26H2,1-5H3,(H,27,33)(H,31,32)/t11-,15-/m1/s1. The molecule has 9 nitrogen and oxygen atoms in total. The molecule has 1 aromatic heterocycles. The fourth-order valence-corrected chi connectivity index (χ4v) is 4.74. The van der Waals surface area contributed by atoms with Crippen molar-refractivity contribution >= 4 is 34.3 Å². The van der Waals surface area contributed by atoms with Crippen molar-refractivity contribution in [3.8, 4) is 0 Å². The zero-order chi connectivity index (χ0) is 25.1. The van der Waals surface area contributed by atoms with Gasteiger partial charge >= 0.3 is 12.1 Å². The molecule has 0 spiro atoms. The minimum atomic E-state index is -1.37. The predicted molar refractivity (Wildman–Crippen MR) is 127 cm³/mol. The van der Waals surface area contributed by atoms with Gasteiger partial charge in [0.1, 0.15) is 11.2 Å². The van der Waals surface area contributed by atoms with Crippen LogP contribution in [0, 0.1) is 18.7 Å². The van der Waals surface area contributed by atoms with E-state index in [9.17, 15) is 19.5 Å². The number of carbonyl (C=O) groups excluding carboxylic acids is 1. The van der Waals surface area contributed by atoms with Crippen molar-refractivity contribution in [1.82, 2.24) is 9.88 Å². The number of benzene rings is 1. The van der Waals surface area contributed by atoms with Crippen molar-refractivity contribution in [2.24, 2.45) is 5.92 Å². The van der Waals surface area contributed by atoms with Crippen molar-refractivity contribution in [3.05, 3.63) is 33.4 Å². The van der Waals surface area contributed by atoms with E-state index < -0.39 is 34.5 Å². The molecular formula is C24H31FN4O5. The Kier molecular flexibility index (Phi) is 5.73. The van der Waals surface area contributed by atoms with E-state index in [4.69, 9.17) is 10.5 Å². The molecular weight excluding hydrogens is 443 g/mol. The van der Waals surface area contributed by atoms with E-state index in [1.54, 1.807) is 32.3 Å². The van der Waals surface area contributed by atoms with Crippen LogP contribution in [0.5, 0.6) is 0 Å². The number of fused-ring (bicyclic) bond motifs is 1. The summed E-state index contributed by atoms with van der Waals surface area (Å²) in [4.78, 5) is 38.7. The van der Waals surface area contributed by atoms with Gasteiger partial charge in [-0.25, -0.2) is 14.0 Å². The number of carbonyl (C=O) groups is 2. The van der Waals surface area contributed by atoms with E-state index in [0.29, 0.717) is 24.2 Å². The Hall–Kier alpha value is -3.30. The summed E-state index contributed by atoms with van der Waals surface area (Å²) in [5, 5.41) is 12.3. The maximum atomic E-state index is 15.7. The molecule has 1 saturated carbocycles. The molecule has 0 unspecified atom stereocenters. The number of carboxylic acids is 1. The Morgan fingerprint density at radius 2 is 1.91 bits per heavy atom. The van der Waals surface area contributed by atoms with Gasteiger partial charge in [-0.05, 0) is 52.0 Å². The van der Waals surface area contributed by atoms with E-state index in [0.717, 1.165) is 12.8 Å². The van der Waals surface area contributed by atoms with Crippen molar-refractivity contribution < 1.29 is 23.8 Å². The third-order valence-corrected chi connectivity index (χ3v) is 6.46. The lowest BCUT2D eigenvalue weighted by Gasteiger charge is -2.26. The number of hydrogen-bond donors (Lipinski definition) is 3. The number of nitrogens with two attached hydrogens (primary N) is 1. The van der Waals surface area contributed by atoms with E-state index in [-0.39, 0.29) is 34.8 Å². The Labute approximate surface area is 196 Å². The molecule has 1 aliphatic carbocycles. The maximum absolute atomic E-state index is 15.7. The van der Waals surface area contributed by atoms with Gasteiger partial charge in [0.25, 0.3) is 0 Å². The zero-order valence-electron chi connectivity index (χ0n) is 20.1. The average Bonchev–Trinajstić information content (AvgIpc) is 3.49. The van der Waals surface area contributed by atoms with Crippen LogP contribution in [0.4, 0.5) is 20.6 Å². The molecule has 1 aliphatic heterocycles. The third-order valence-electron chi connectivity index (χ3n) is 6.46. The van der Waals surface area contributed by atoms with Gasteiger partial charge in [0.05, 0.1) is 28.3 Å². The molecule has 2 fully saturated rings. The highest BCUT2D eigenvalue weighted by Crippen LogP contribution is 2.42. The number of pyridine rings is 1. The van der Waals surface area contributed by atoms with E-state index >= 15 is 4.39 Å². The topological polar surface area (TPSA) is 127 Å². The van der Waals surface area contributed by atoms with Crippen LogP contribution in [0.2, 0.25) is 0 Å². The molecule has 0 bridgehead atoms. The fourth-order valence-electron chi connectivity index (χ4n) is 4.74. The monoisotopic (exact) mass is 474 g/mol. The number of hydrogen-bond acceptors (Lipinski definition) is 6. The van der Waals surface area contributed by atoms with Gasteiger partial charge in [-0.3, -0.25) is 4.79 Å². The summed E-state index contributed by atoms with van der Waals surface area (Å²) >= 11 is 0. The number of halogens is 1. The van der Waals surface area contributed by atoms with Gasteiger partial charge in [-0.15, -0.1) is 0 Å². The van der Waals surface area contributed by atoms with Crippen molar-refractivity contribution in [2.75, 3.05) is 23.7 Å². The molecule has 1 saturated heterocycles. The number of ether oxygens (including phenoxy) is 1. The second-order valence-electron chi connectivity index (χ2n) is 10.4. The van der Waals surface area contributed by atoms with Crippen LogP contribution in [0.3, 0.4) is 0 Å². The normalized spacial score (nSPS) is 20.6. The van der Waals surface area contributed by atoms with E-state index in [1.165, 1.54) is 6.20 Å². The minimum absolute atomic E-state index is 0.00301. The zero-order valence-corrected chi connectivity index (χ0v) is 20.1. The minimum Gasteiger partial charge on any atom is -0.477 e. The first-order valence-electron chi connectivity index (χ1n) is 11.4. The van der Waals surface area contributed by atoms with Crippen LogP contribution in [0.15, 0.2) is 11.0 Å². The molecule has 4 N–H and O–H groups in total. The summed E-state index contributed by atoms with van der Waals surface area (Å²) in [6, 6.07) is -0.234. The highest BCUT2D eigenvalue weighted by molar-refractivity contribution is 6.01. The molecule has 2 aromatic rings. The summed E-state index contributed by atoms with van der Waals surface area (Å²) in [7, 11) is 0. The van der Waals surface area contributed by atoms with Gasteiger partial charge < -0.3 is 30.4 Å². The first-order valence-corrected chi connectivity index (χ1v) is 11.4. The van der Waals surface area contributed by atoms with Crippen LogP contribution < -0.4 is 21.4 Å². The van der Waals surface area contributed by atoms with Crippen molar-refractivity contribution in [1.29, 1.82) is 0 Å². The van der Waals surface area contributed by atoms with Crippen LogP contribution in [0.25, 0.3) is 10.9 Å². The number of aromatic carboxylic acids is 1. The summed E-state index contributed by atoms with van der Waals surface area (Å²) in [6.45, 7) is 9.82. The van der Waals surface area contributed by atoms with E-state index in [1.807, 2.05) is 11.8 Å². The molecule has 2 aliphatic rings. The lowest BCUT2D eigenvalue weighted by molar-refractivity contribution is 0.0499. The second kappa shape index (κ2) is 8.18. The number of anilines is 2. The van der Waals surface area contributed by atoms with Crippen LogP contribution in [-0.4, -0.2) is 46.5 Å². The largest absolute Gasteiger partial charge is 0.477 e. The Balaban J connectivity index is 1.78. The number of nitrogens with zero attached hydrogens (tertiary/aromatic N) is 2. The Morgan fingerprint density at radius 3 is 2.47 bits per heavy atom. The number of aromatic nitrogens is 1. The summed E-state index contributed by atoms with van der Waals surface area (Å²) in [5.41, 5.74) is 5.19. The van der Waals surface area contributed by atoms with Gasteiger partial charge in [-0.2, -0.15) is 0 Å². The van der Waals surface area contributed by atoms with Crippen LogP contribution >= 0.6 is 0 Å². The first-order chi connectivity index (χ1) is 15.8. The number of rotatable bonds is 4. The highest BCUT2D eigenvalue weighted by Gasteiger charge is 2.36. The first kappa shape index (κ1) is 23.8. The van der Waals surface area contributed by atoms with Crippen molar-refractivity contribution in [2.45, 2.75) is 65.1 Å². The lowest BCUT2D eigenvalue weighted by atomic mass is 10.0. The number of aryl methyl sites for hydroxylation is 1. The summed E-state index contributed by atoms with van der Waals surface area (Å²) < 4.78 is 22.8. The van der Waals surface area contributed by atoms with Crippen LogP contribution in [-0.2, 0) is 4.74 Å². The molecule has 2 atom stereocenters. The molecule has 34 heavy (non-hydrogen) atoms. The maximum Gasteiger partial charge on any atom is 0.407 e. The molecule has 4 rings (SSSR count). The highest BCUT2D eigenvalue weighted by atomic mass is 19.1. The lowest BCUT2D eigenvalue weighted by Crippen LogP contribution is -2.42. The summed E-state index contributed by atoms with van der Waals surface area (Å²) in [6.07, 6.45) is 2.49. The molecule has 1 amide bonds. The van der Waals surface area contributed by atoms with Gasteiger partial charge in [0.15, 0.2) is 5.82 Å². The number of nitrogens with one attached hydrogen (secondary N) is 1. The number of amides is 1. The molecule has 184 valence electrons. The average molecular weight is 475 g/mol. The second-order valence-corrected chi connectivity index (χ2v) is 10.4. The smallest absolute Gasteiger partial charge is 0.407 e. The molecule has 1 aromatic carbocycles. The van der Waals surface area contributed by atoms with E-state index in [2.05, 4.69) is 5.32 Å². The third kappa shape index (κ3) is 4.17.